The Morgan fingerprint density at radius 3 is 2.70 bits per heavy atom. The Bertz CT molecular complexity index is 492. The fourth-order valence-corrected chi connectivity index (χ4v) is 2.21. The third-order valence-electron chi connectivity index (χ3n) is 3.49. The summed E-state index contributed by atoms with van der Waals surface area (Å²) in [6.45, 7) is 4.90. The van der Waals surface area contributed by atoms with E-state index in [1.54, 1.807) is 0 Å². The number of ether oxygens (including phenoxy) is 2. The maximum atomic E-state index is 11.7. The molecule has 0 saturated carbocycles. The first-order valence-electron chi connectivity index (χ1n) is 6.67. The Hall–Kier alpha value is -1.88. The van der Waals surface area contributed by atoms with E-state index >= 15 is 0 Å². The molecule has 1 unspecified atom stereocenters. The fourth-order valence-electron chi connectivity index (χ4n) is 2.21. The van der Waals surface area contributed by atoms with Gasteiger partial charge in [0.1, 0.15) is 12.6 Å². The van der Waals surface area contributed by atoms with Crippen LogP contribution in [0.2, 0.25) is 0 Å². The summed E-state index contributed by atoms with van der Waals surface area (Å²) in [5, 5.41) is 2.60. The number of nitrogens with one attached hydrogen (secondary N) is 1. The Labute approximate surface area is 118 Å². The quantitative estimate of drug-likeness (QED) is 0.383. The van der Waals surface area contributed by atoms with Crippen molar-refractivity contribution < 1.29 is 19.1 Å². The van der Waals surface area contributed by atoms with Gasteiger partial charge in [-0.2, -0.15) is 0 Å². The SMILES string of the molecule is Cc1cccc(C)c1COCNC(=O)C1CCOC1=O. The van der Waals surface area contributed by atoms with Gasteiger partial charge in [-0.05, 0) is 30.5 Å². The predicted molar refractivity (Wildman–Crippen MR) is 72.8 cm³/mol. The monoisotopic (exact) mass is 277 g/mol. The van der Waals surface area contributed by atoms with Gasteiger partial charge in [0.2, 0.25) is 5.91 Å². The van der Waals surface area contributed by atoms with Crippen LogP contribution in [-0.4, -0.2) is 25.2 Å². The van der Waals surface area contributed by atoms with E-state index in [1.165, 1.54) is 0 Å². The molecule has 1 aromatic carbocycles. The minimum atomic E-state index is -0.682. The molecule has 5 heteroatoms. The molecule has 1 atom stereocenters. The van der Waals surface area contributed by atoms with Crippen molar-refractivity contribution >= 4 is 11.9 Å². The summed E-state index contributed by atoms with van der Waals surface area (Å²) in [4.78, 5) is 22.9. The number of aryl methyl sites for hydroxylation is 2. The second-order valence-electron chi connectivity index (χ2n) is 4.91. The van der Waals surface area contributed by atoms with E-state index in [2.05, 4.69) is 5.32 Å². The molecule has 1 saturated heterocycles. The number of carbonyl (C=O) groups is 2. The van der Waals surface area contributed by atoms with Crippen LogP contribution in [-0.2, 0) is 25.7 Å². The molecule has 0 aromatic heterocycles. The molecule has 0 aliphatic carbocycles. The number of benzene rings is 1. The molecule has 20 heavy (non-hydrogen) atoms. The van der Waals surface area contributed by atoms with Gasteiger partial charge in [0.15, 0.2) is 0 Å². The summed E-state index contributed by atoms with van der Waals surface area (Å²) in [5.74, 6) is -1.45. The van der Waals surface area contributed by atoms with Gasteiger partial charge in [0, 0.05) is 6.42 Å². The largest absolute Gasteiger partial charge is 0.465 e. The zero-order valence-electron chi connectivity index (χ0n) is 11.8. The molecule has 0 bridgehead atoms. The molecule has 1 heterocycles. The van der Waals surface area contributed by atoms with Gasteiger partial charge in [0.05, 0.1) is 13.2 Å². The minimum absolute atomic E-state index is 0.0936. The van der Waals surface area contributed by atoms with Crippen LogP contribution in [0.3, 0.4) is 0 Å². The van der Waals surface area contributed by atoms with Crippen molar-refractivity contribution in [2.45, 2.75) is 26.9 Å². The lowest BCUT2D eigenvalue weighted by atomic mass is 10.0. The van der Waals surface area contributed by atoms with E-state index in [-0.39, 0.29) is 12.6 Å². The maximum absolute atomic E-state index is 11.7. The van der Waals surface area contributed by atoms with Gasteiger partial charge in [0.25, 0.3) is 0 Å². The first kappa shape index (κ1) is 14.5. The molecule has 1 amide bonds. The van der Waals surface area contributed by atoms with Crippen molar-refractivity contribution in [3.63, 3.8) is 0 Å². The van der Waals surface area contributed by atoms with E-state index in [4.69, 9.17) is 9.47 Å². The van der Waals surface area contributed by atoms with Crippen molar-refractivity contribution in [2.24, 2.45) is 5.92 Å². The highest BCUT2D eigenvalue weighted by Gasteiger charge is 2.32. The molecule has 2 rings (SSSR count). The first-order chi connectivity index (χ1) is 9.59. The molecule has 1 N–H and O–H groups in total. The highest BCUT2D eigenvalue weighted by molar-refractivity contribution is 5.98. The Morgan fingerprint density at radius 1 is 1.40 bits per heavy atom. The van der Waals surface area contributed by atoms with Crippen LogP contribution in [0.5, 0.6) is 0 Å². The first-order valence-corrected chi connectivity index (χ1v) is 6.67. The molecule has 0 spiro atoms. The lowest BCUT2D eigenvalue weighted by Gasteiger charge is -2.12. The average Bonchev–Trinajstić information content (AvgIpc) is 2.83. The van der Waals surface area contributed by atoms with Crippen LogP contribution in [0.1, 0.15) is 23.1 Å². The van der Waals surface area contributed by atoms with Crippen LogP contribution >= 0.6 is 0 Å². The third kappa shape index (κ3) is 3.36. The van der Waals surface area contributed by atoms with Crippen molar-refractivity contribution in [2.75, 3.05) is 13.3 Å². The molecule has 1 aliphatic heterocycles. The summed E-state index contributed by atoms with van der Waals surface area (Å²) in [7, 11) is 0. The topological polar surface area (TPSA) is 64.6 Å². The maximum Gasteiger partial charge on any atom is 0.318 e. The number of esters is 1. The zero-order valence-corrected chi connectivity index (χ0v) is 11.8. The van der Waals surface area contributed by atoms with E-state index in [9.17, 15) is 9.59 Å². The summed E-state index contributed by atoms with van der Waals surface area (Å²) in [6, 6.07) is 6.05. The summed E-state index contributed by atoms with van der Waals surface area (Å²) < 4.78 is 10.2. The average molecular weight is 277 g/mol. The van der Waals surface area contributed by atoms with E-state index in [0.717, 1.165) is 16.7 Å². The Kier molecular flexibility index (Phi) is 4.74. The van der Waals surface area contributed by atoms with Crippen LogP contribution in [0.4, 0.5) is 0 Å². The molecule has 1 aliphatic rings. The number of cyclic esters (lactones) is 1. The smallest absolute Gasteiger partial charge is 0.318 e. The summed E-state index contributed by atoms with van der Waals surface area (Å²) >= 11 is 0. The van der Waals surface area contributed by atoms with Gasteiger partial charge in [-0.3, -0.25) is 9.59 Å². The highest BCUT2D eigenvalue weighted by Crippen LogP contribution is 2.15. The van der Waals surface area contributed by atoms with E-state index in [1.807, 2.05) is 32.0 Å². The van der Waals surface area contributed by atoms with Crippen LogP contribution in [0.25, 0.3) is 0 Å². The molecule has 1 aromatic rings. The van der Waals surface area contributed by atoms with Gasteiger partial charge >= 0.3 is 5.97 Å². The van der Waals surface area contributed by atoms with Crippen LogP contribution in [0.15, 0.2) is 18.2 Å². The zero-order chi connectivity index (χ0) is 14.5. The molecule has 108 valence electrons. The van der Waals surface area contributed by atoms with Crippen molar-refractivity contribution in [3.8, 4) is 0 Å². The lowest BCUT2D eigenvalue weighted by Crippen LogP contribution is -2.34. The number of amides is 1. The highest BCUT2D eigenvalue weighted by atomic mass is 16.5. The Balaban J connectivity index is 1.76. The van der Waals surface area contributed by atoms with Gasteiger partial charge in [-0.25, -0.2) is 0 Å². The second kappa shape index (κ2) is 6.52. The Morgan fingerprint density at radius 2 is 2.10 bits per heavy atom. The number of hydrogen-bond acceptors (Lipinski definition) is 4. The fraction of sp³-hybridized carbons (Fsp3) is 0.467. The predicted octanol–water partition coefficient (Wildman–Crippen LogP) is 1.46. The lowest BCUT2D eigenvalue weighted by molar-refractivity contribution is -0.145. The van der Waals surface area contributed by atoms with E-state index in [0.29, 0.717) is 19.6 Å². The summed E-state index contributed by atoms with van der Waals surface area (Å²) in [6.07, 6.45) is 0.446. The standard InChI is InChI=1S/C15H19NO4/c1-10-4-3-5-11(2)13(10)8-19-9-16-14(17)12-6-7-20-15(12)18/h3-5,12H,6-9H2,1-2H3,(H,16,17). The molecular formula is C15H19NO4. The van der Waals surface area contributed by atoms with Gasteiger partial charge in [-0.1, -0.05) is 18.2 Å². The van der Waals surface area contributed by atoms with Crippen molar-refractivity contribution in [3.05, 3.63) is 34.9 Å². The molecule has 5 nitrogen and oxygen atoms in total. The molecular weight excluding hydrogens is 258 g/mol. The van der Waals surface area contributed by atoms with Gasteiger partial charge < -0.3 is 14.8 Å². The second-order valence-corrected chi connectivity index (χ2v) is 4.91. The molecule has 0 radical (unpaired) electrons. The third-order valence-corrected chi connectivity index (χ3v) is 3.49. The van der Waals surface area contributed by atoms with Gasteiger partial charge in [-0.15, -0.1) is 0 Å². The number of rotatable bonds is 5. The van der Waals surface area contributed by atoms with Crippen LogP contribution < -0.4 is 5.32 Å². The number of hydrogen-bond donors (Lipinski definition) is 1. The van der Waals surface area contributed by atoms with Crippen LogP contribution in [0, 0.1) is 19.8 Å². The van der Waals surface area contributed by atoms with Crippen molar-refractivity contribution in [1.82, 2.24) is 5.32 Å². The van der Waals surface area contributed by atoms with Crippen molar-refractivity contribution in [1.29, 1.82) is 0 Å². The normalized spacial score (nSPS) is 17.9. The minimum Gasteiger partial charge on any atom is -0.465 e. The summed E-state index contributed by atoms with van der Waals surface area (Å²) in [5.41, 5.74) is 3.45. The number of carbonyl (C=O) groups excluding carboxylic acids is 2. The molecule has 1 fully saturated rings. The van der Waals surface area contributed by atoms with E-state index < -0.39 is 11.9 Å².